The van der Waals surface area contributed by atoms with Gasteiger partial charge in [-0.25, -0.2) is 0 Å². The second kappa shape index (κ2) is 5.45. The monoisotopic (exact) mass is 356 g/mol. The van der Waals surface area contributed by atoms with Gasteiger partial charge in [-0.3, -0.25) is 9.59 Å². The summed E-state index contributed by atoms with van der Waals surface area (Å²) >= 11 is 0. The molecule has 0 amide bonds. The third-order valence-corrected chi connectivity index (χ3v) is 9.78. The van der Waals surface area contributed by atoms with Gasteiger partial charge in [-0.2, -0.15) is 0 Å². The molecule has 0 aromatic carbocycles. The molecule has 0 aromatic heterocycles. The van der Waals surface area contributed by atoms with E-state index in [0.717, 1.165) is 49.9 Å². The molecule has 3 heteroatoms. The number of allylic oxidation sites excluding steroid dienone is 1. The van der Waals surface area contributed by atoms with Gasteiger partial charge in [0.15, 0.2) is 5.78 Å². The molecule has 0 aromatic rings. The second-order valence-electron chi connectivity index (χ2n) is 10.2. The molecular formula is C23H32O3. The molecule has 142 valence electrons. The van der Waals surface area contributed by atoms with Gasteiger partial charge in [0.05, 0.1) is 5.92 Å². The number of hydrogen-bond donors (Lipinski definition) is 1. The Hall–Kier alpha value is -1.12. The highest BCUT2D eigenvalue weighted by atomic mass is 16.4. The Balaban J connectivity index is 1.48. The average molecular weight is 357 g/mol. The number of carbonyl (C=O) groups excluding carboxylic acids is 1. The predicted octanol–water partition coefficient (Wildman–Crippen LogP) is 4.86. The summed E-state index contributed by atoms with van der Waals surface area (Å²) in [5.41, 5.74) is 2.10. The van der Waals surface area contributed by atoms with Crippen molar-refractivity contribution in [1.29, 1.82) is 0 Å². The zero-order valence-electron chi connectivity index (χ0n) is 16.2. The molecule has 8 atom stereocenters. The van der Waals surface area contributed by atoms with Crippen molar-refractivity contribution in [3.63, 3.8) is 0 Å². The molecular weight excluding hydrogens is 324 g/mol. The van der Waals surface area contributed by atoms with E-state index in [-0.39, 0.29) is 11.3 Å². The van der Waals surface area contributed by atoms with Crippen LogP contribution in [0, 0.1) is 46.3 Å². The third-order valence-electron chi connectivity index (χ3n) is 9.78. The second-order valence-corrected chi connectivity index (χ2v) is 10.2. The Kier molecular flexibility index (Phi) is 3.57. The smallest absolute Gasteiger partial charge is 0.306 e. The predicted molar refractivity (Wildman–Crippen MR) is 99.4 cm³/mol. The van der Waals surface area contributed by atoms with Crippen LogP contribution in [0.2, 0.25) is 0 Å². The first kappa shape index (κ1) is 17.0. The largest absolute Gasteiger partial charge is 0.481 e. The van der Waals surface area contributed by atoms with Crippen molar-refractivity contribution in [1.82, 2.24) is 0 Å². The Morgan fingerprint density at radius 3 is 2.85 bits per heavy atom. The van der Waals surface area contributed by atoms with E-state index in [1.165, 1.54) is 31.3 Å². The molecule has 0 heterocycles. The van der Waals surface area contributed by atoms with E-state index in [0.29, 0.717) is 23.0 Å². The number of fused-ring (bicyclic) bond motifs is 3. The highest BCUT2D eigenvalue weighted by molar-refractivity contribution is 5.91. The molecule has 26 heavy (non-hydrogen) atoms. The fourth-order valence-corrected chi connectivity index (χ4v) is 8.73. The lowest BCUT2D eigenvalue weighted by molar-refractivity contribution is -0.148. The van der Waals surface area contributed by atoms with E-state index in [9.17, 15) is 14.7 Å². The molecule has 5 aliphatic carbocycles. The van der Waals surface area contributed by atoms with Gasteiger partial charge in [0.2, 0.25) is 0 Å². The Morgan fingerprint density at radius 2 is 2.12 bits per heavy atom. The quantitative estimate of drug-likeness (QED) is 0.786. The van der Waals surface area contributed by atoms with Crippen LogP contribution in [0.25, 0.3) is 0 Å². The van der Waals surface area contributed by atoms with E-state index in [4.69, 9.17) is 0 Å². The molecule has 0 saturated heterocycles. The summed E-state index contributed by atoms with van der Waals surface area (Å²) in [7, 11) is 0. The summed E-state index contributed by atoms with van der Waals surface area (Å²) < 4.78 is 0. The van der Waals surface area contributed by atoms with Gasteiger partial charge in [0.1, 0.15) is 0 Å². The SMILES string of the molecule is CCC(C(=O)O)[C@H]1C[C@@H]2C[C@@]23[C@@H]2CCC4=CC(=O)CC[C@@H]4[C@H]2CC[C@]13C. The molecule has 5 aliphatic rings. The summed E-state index contributed by atoms with van der Waals surface area (Å²) in [6.07, 6.45) is 11.9. The van der Waals surface area contributed by atoms with Crippen molar-refractivity contribution in [3.05, 3.63) is 11.6 Å². The van der Waals surface area contributed by atoms with Crippen molar-refractivity contribution in [2.24, 2.45) is 46.3 Å². The van der Waals surface area contributed by atoms with Gasteiger partial charge in [-0.1, -0.05) is 19.4 Å². The summed E-state index contributed by atoms with van der Waals surface area (Å²) in [5.74, 6) is 2.93. The fourth-order valence-electron chi connectivity index (χ4n) is 8.73. The zero-order chi connectivity index (χ0) is 18.3. The van der Waals surface area contributed by atoms with E-state index in [2.05, 4.69) is 13.8 Å². The van der Waals surface area contributed by atoms with Gasteiger partial charge >= 0.3 is 5.97 Å². The number of carboxylic acid groups (broad SMARTS) is 1. The maximum Gasteiger partial charge on any atom is 0.306 e. The number of ketones is 1. The van der Waals surface area contributed by atoms with Crippen LogP contribution in [0.3, 0.4) is 0 Å². The van der Waals surface area contributed by atoms with Crippen LogP contribution in [0.4, 0.5) is 0 Å². The summed E-state index contributed by atoms with van der Waals surface area (Å²) in [6.45, 7) is 4.52. The Morgan fingerprint density at radius 1 is 1.31 bits per heavy atom. The fraction of sp³-hybridized carbons (Fsp3) is 0.826. The van der Waals surface area contributed by atoms with Crippen molar-refractivity contribution < 1.29 is 14.7 Å². The van der Waals surface area contributed by atoms with Crippen molar-refractivity contribution in [2.75, 3.05) is 0 Å². The van der Waals surface area contributed by atoms with Crippen molar-refractivity contribution in [3.8, 4) is 0 Å². The molecule has 1 unspecified atom stereocenters. The summed E-state index contributed by atoms with van der Waals surface area (Å²) in [4.78, 5) is 23.8. The number of carbonyl (C=O) groups is 2. The van der Waals surface area contributed by atoms with Crippen LogP contribution < -0.4 is 0 Å². The average Bonchev–Trinajstić information content (AvgIpc) is 3.26. The van der Waals surface area contributed by atoms with Gasteiger partial charge in [0.25, 0.3) is 0 Å². The highest BCUT2D eigenvalue weighted by Gasteiger charge is 2.77. The van der Waals surface area contributed by atoms with Gasteiger partial charge in [-0.05, 0) is 97.9 Å². The van der Waals surface area contributed by atoms with Crippen LogP contribution in [0.1, 0.15) is 71.6 Å². The third kappa shape index (κ3) is 1.95. The zero-order valence-corrected chi connectivity index (χ0v) is 16.2. The van der Waals surface area contributed by atoms with E-state index >= 15 is 0 Å². The molecule has 1 spiro atoms. The Labute approximate surface area is 156 Å². The maximum absolute atomic E-state index is 11.9. The summed E-state index contributed by atoms with van der Waals surface area (Å²) in [6, 6.07) is 0. The van der Waals surface area contributed by atoms with Gasteiger partial charge < -0.3 is 5.11 Å². The number of hydrogen-bond acceptors (Lipinski definition) is 2. The van der Waals surface area contributed by atoms with Crippen LogP contribution >= 0.6 is 0 Å². The normalized spacial score (nSPS) is 50.0. The molecule has 5 rings (SSSR count). The van der Waals surface area contributed by atoms with Crippen LogP contribution in [0.15, 0.2) is 11.6 Å². The number of aliphatic carboxylic acids is 1. The molecule has 3 nitrogen and oxygen atoms in total. The first-order valence-corrected chi connectivity index (χ1v) is 10.9. The minimum Gasteiger partial charge on any atom is -0.481 e. The van der Waals surface area contributed by atoms with Gasteiger partial charge in [-0.15, -0.1) is 0 Å². The molecule has 0 bridgehead atoms. The van der Waals surface area contributed by atoms with E-state index in [1.54, 1.807) is 0 Å². The number of carboxylic acids is 1. The topological polar surface area (TPSA) is 54.4 Å². The lowest BCUT2D eigenvalue weighted by Crippen LogP contribution is -2.51. The standard InChI is InChI=1S/C23H32O3/c1-3-16(21(25)26)20-11-14-12-23(14)19-7-4-13-10-15(24)5-6-17(13)18(19)8-9-22(20,23)2/h10,14,16-20H,3-9,11-12H2,1-2H3,(H,25,26)/t14-,16?,17+,18-,19-,20-,22-,23+/m1/s1. The van der Waals surface area contributed by atoms with Gasteiger partial charge in [0, 0.05) is 6.42 Å². The molecule has 0 aliphatic heterocycles. The summed E-state index contributed by atoms with van der Waals surface area (Å²) in [5, 5.41) is 9.81. The molecule has 0 radical (unpaired) electrons. The van der Waals surface area contributed by atoms with E-state index in [1.807, 2.05) is 6.08 Å². The molecule has 4 saturated carbocycles. The van der Waals surface area contributed by atoms with Crippen LogP contribution in [-0.2, 0) is 9.59 Å². The first-order chi connectivity index (χ1) is 12.4. The first-order valence-electron chi connectivity index (χ1n) is 10.9. The van der Waals surface area contributed by atoms with E-state index < -0.39 is 5.97 Å². The molecule has 4 fully saturated rings. The minimum atomic E-state index is -0.572. The lowest BCUT2D eigenvalue weighted by Gasteiger charge is -2.57. The van der Waals surface area contributed by atoms with Crippen molar-refractivity contribution >= 4 is 11.8 Å². The Bertz CT molecular complexity index is 694. The number of rotatable bonds is 3. The maximum atomic E-state index is 11.9. The van der Waals surface area contributed by atoms with Crippen molar-refractivity contribution in [2.45, 2.75) is 71.6 Å². The lowest BCUT2D eigenvalue weighted by atomic mass is 9.47. The highest BCUT2D eigenvalue weighted by Crippen LogP contribution is 2.84. The van der Waals surface area contributed by atoms with Crippen LogP contribution in [-0.4, -0.2) is 16.9 Å². The molecule has 1 N–H and O–H groups in total. The van der Waals surface area contributed by atoms with Crippen LogP contribution in [0.5, 0.6) is 0 Å². The minimum absolute atomic E-state index is 0.160.